The molecule has 1 aromatic rings. The Balaban J connectivity index is 2.62. The summed E-state index contributed by atoms with van der Waals surface area (Å²) < 4.78 is 6.15. The first-order valence-corrected chi connectivity index (χ1v) is 4.25. The Morgan fingerprint density at radius 2 is 2.45 bits per heavy atom. The molecule has 0 aliphatic rings. The Morgan fingerprint density at radius 3 is 3.09 bits per heavy atom. The molecular formula is C7H8INO2. The number of nitrogens with zero attached hydrogens (tertiary/aromatic N) is 1. The molecule has 11 heavy (non-hydrogen) atoms. The summed E-state index contributed by atoms with van der Waals surface area (Å²) in [5.74, 6) is 0.773. The van der Waals surface area contributed by atoms with Gasteiger partial charge in [-0.1, -0.05) is 0 Å². The number of aromatic nitrogens is 1. The van der Waals surface area contributed by atoms with Crippen LogP contribution in [0.1, 0.15) is 0 Å². The van der Waals surface area contributed by atoms with Crippen LogP contribution in [0.25, 0.3) is 0 Å². The van der Waals surface area contributed by atoms with Gasteiger partial charge >= 0.3 is 0 Å². The molecule has 0 fully saturated rings. The molecule has 0 saturated heterocycles. The highest BCUT2D eigenvalue weighted by Gasteiger charge is 1.97. The number of ether oxygens (including phenoxy) is 1. The topological polar surface area (TPSA) is 42.4 Å². The molecule has 1 heterocycles. The van der Waals surface area contributed by atoms with Crippen molar-refractivity contribution in [2.75, 3.05) is 13.2 Å². The Hall–Kier alpha value is -0.360. The molecule has 1 aromatic heterocycles. The standard InChI is InChI=1S/C7H8INO2/c8-6-5-9-2-1-7(6)11-4-3-10/h1-2,5,10H,3-4H2. The van der Waals surface area contributed by atoms with Crippen molar-refractivity contribution < 1.29 is 9.84 Å². The van der Waals surface area contributed by atoms with Gasteiger partial charge in [0.05, 0.1) is 10.2 Å². The van der Waals surface area contributed by atoms with Gasteiger partial charge < -0.3 is 9.84 Å². The summed E-state index contributed by atoms with van der Waals surface area (Å²) >= 11 is 2.13. The summed E-state index contributed by atoms with van der Waals surface area (Å²) in [4.78, 5) is 3.90. The SMILES string of the molecule is OCCOc1ccncc1I. The van der Waals surface area contributed by atoms with Crippen molar-refractivity contribution in [1.29, 1.82) is 0 Å². The molecule has 1 rings (SSSR count). The van der Waals surface area contributed by atoms with Gasteiger partial charge in [-0.2, -0.15) is 0 Å². The van der Waals surface area contributed by atoms with Crippen LogP contribution in [0.4, 0.5) is 0 Å². The van der Waals surface area contributed by atoms with E-state index in [0.717, 1.165) is 9.32 Å². The van der Waals surface area contributed by atoms with Gasteiger partial charge in [-0.15, -0.1) is 0 Å². The number of aliphatic hydroxyl groups is 1. The number of hydrogen-bond donors (Lipinski definition) is 1. The van der Waals surface area contributed by atoms with E-state index in [0.29, 0.717) is 6.61 Å². The molecule has 3 nitrogen and oxygen atoms in total. The second-order valence-electron chi connectivity index (χ2n) is 1.88. The summed E-state index contributed by atoms with van der Waals surface area (Å²) in [6.07, 6.45) is 3.38. The second kappa shape index (κ2) is 4.50. The van der Waals surface area contributed by atoms with Gasteiger partial charge in [0.15, 0.2) is 0 Å². The van der Waals surface area contributed by atoms with Crippen molar-refractivity contribution in [3.8, 4) is 5.75 Å². The van der Waals surface area contributed by atoms with Crippen molar-refractivity contribution in [3.63, 3.8) is 0 Å². The third-order valence-electron chi connectivity index (χ3n) is 1.08. The molecule has 0 amide bonds. The normalized spacial score (nSPS) is 9.64. The van der Waals surface area contributed by atoms with E-state index in [4.69, 9.17) is 9.84 Å². The number of halogens is 1. The number of rotatable bonds is 3. The first-order valence-electron chi connectivity index (χ1n) is 3.18. The van der Waals surface area contributed by atoms with Gasteiger partial charge in [-0.3, -0.25) is 4.98 Å². The maximum Gasteiger partial charge on any atom is 0.135 e. The largest absolute Gasteiger partial charge is 0.490 e. The zero-order chi connectivity index (χ0) is 8.10. The van der Waals surface area contributed by atoms with Crippen LogP contribution in [0, 0.1) is 3.57 Å². The van der Waals surface area contributed by atoms with E-state index in [2.05, 4.69) is 27.6 Å². The fourth-order valence-corrected chi connectivity index (χ4v) is 1.13. The van der Waals surface area contributed by atoms with Crippen molar-refractivity contribution in [3.05, 3.63) is 22.0 Å². The van der Waals surface area contributed by atoms with E-state index in [-0.39, 0.29) is 6.61 Å². The average Bonchev–Trinajstić information content (AvgIpc) is 2.03. The minimum Gasteiger partial charge on any atom is -0.490 e. The molecule has 0 atom stereocenters. The summed E-state index contributed by atoms with van der Waals surface area (Å²) in [5.41, 5.74) is 0. The van der Waals surface area contributed by atoms with Gasteiger partial charge in [0.1, 0.15) is 12.4 Å². The molecule has 0 aliphatic carbocycles. The number of pyridine rings is 1. The third-order valence-corrected chi connectivity index (χ3v) is 1.89. The molecule has 60 valence electrons. The quantitative estimate of drug-likeness (QED) is 0.831. The van der Waals surface area contributed by atoms with E-state index < -0.39 is 0 Å². The predicted molar refractivity (Wildman–Crippen MR) is 49.5 cm³/mol. The molecule has 4 heteroatoms. The fraction of sp³-hybridized carbons (Fsp3) is 0.286. The summed E-state index contributed by atoms with van der Waals surface area (Å²) in [6.45, 7) is 0.373. The highest BCUT2D eigenvalue weighted by Crippen LogP contribution is 2.17. The Bertz CT molecular complexity index is 229. The lowest BCUT2D eigenvalue weighted by atomic mass is 10.4. The van der Waals surface area contributed by atoms with Crippen LogP contribution in [0.15, 0.2) is 18.5 Å². The van der Waals surface area contributed by atoms with E-state index in [1.54, 1.807) is 18.5 Å². The minimum atomic E-state index is 0.0401. The highest BCUT2D eigenvalue weighted by atomic mass is 127. The zero-order valence-corrected chi connectivity index (χ0v) is 7.98. The first-order chi connectivity index (χ1) is 5.34. The molecule has 0 saturated carbocycles. The predicted octanol–water partition coefficient (Wildman–Crippen LogP) is 1.06. The van der Waals surface area contributed by atoms with Crippen molar-refractivity contribution in [2.24, 2.45) is 0 Å². The van der Waals surface area contributed by atoms with Crippen molar-refractivity contribution in [1.82, 2.24) is 4.98 Å². The minimum absolute atomic E-state index is 0.0401. The van der Waals surface area contributed by atoms with Crippen molar-refractivity contribution >= 4 is 22.6 Å². The maximum atomic E-state index is 8.48. The Labute approximate surface area is 78.6 Å². The molecule has 0 aliphatic heterocycles. The van der Waals surface area contributed by atoms with Crippen LogP contribution in [-0.4, -0.2) is 23.3 Å². The summed E-state index contributed by atoms with van der Waals surface area (Å²) in [5, 5.41) is 8.48. The first kappa shape index (κ1) is 8.73. The molecule has 0 spiro atoms. The second-order valence-corrected chi connectivity index (χ2v) is 3.04. The molecule has 1 N–H and O–H groups in total. The lowest BCUT2D eigenvalue weighted by Crippen LogP contribution is -2.02. The van der Waals surface area contributed by atoms with Gasteiger partial charge in [0.2, 0.25) is 0 Å². The average molecular weight is 265 g/mol. The van der Waals surface area contributed by atoms with Gasteiger partial charge in [-0.25, -0.2) is 0 Å². The van der Waals surface area contributed by atoms with Crippen molar-refractivity contribution in [2.45, 2.75) is 0 Å². The van der Waals surface area contributed by atoms with E-state index in [9.17, 15) is 0 Å². The zero-order valence-electron chi connectivity index (χ0n) is 5.83. The molecule has 0 aromatic carbocycles. The van der Waals surface area contributed by atoms with Crippen LogP contribution >= 0.6 is 22.6 Å². The Kier molecular flexibility index (Phi) is 3.58. The van der Waals surface area contributed by atoms with Gasteiger partial charge in [0.25, 0.3) is 0 Å². The lowest BCUT2D eigenvalue weighted by molar-refractivity contribution is 0.200. The fourth-order valence-electron chi connectivity index (χ4n) is 0.635. The van der Waals surface area contributed by atoms with Crippen LogP contribution < -0.4 is 4.74 Å². The maximum absolute atomic E-state index is 8.48. The highest BCUT2D eigenvalue weighted by molar-refractivity contribution is 14.1. The van der Waals surface area contributed by atoms with Crippen LogP contribution in [0.5, 0.6) is 5.75 Å². The summed E-state index contributed by atoms with van der Waals surface area (Å²) in [7, 11) is 0. The smallest absolute Gasteiger partial charge is 0.135 e. The number of hydrogen-bond acceptors (Lipinski definition) is 3. The lowest BCUT2D eigenvalue weighted by Gasteiger charge is -2.04. The van der Waals surface area contributed by atoms with Crippen LogP contribution in [0.2, 0.25) is 0 Å². The van der Waals surface area contributed by atoms with E-state index >= 15 is 0 Å². The molecule has 0 bridgehead atoms. The van der Waals surface area contributed by atoms with E-state index in [1.165, 1.54) is 0 Å². The van der Waals surface area contributed by atoms with Gasteiger partial charge in [0, 0.05) is 12.4 Å². The van der Waals surface area contributed by atoms with Crippen LogP contribution in [-0.2, 0) is 0 Å². The number of aliphatic hydroxyl groups excluding tert-OH is 1. The Morgan fingerprint density at radius 1 is 1.64 bits per heavy atom. The molecule has 0 unspecified atom stereocenters. The van der Waals surface area contributed by atoms with Crippen LogP contribution in [0.3, 0.4) is 0 Å². The van der Waals surface area contributed by atoms with Gasteiger partial charge in [-0.05, 0) is 28.7 Å². The summed E-state index contributed by atoms with van der Waals surface area (Å²) in [6, 6.07) is 1.78. The molecule has 0 radical (unpaired) electrons. The molecular weight excluding hydrogens is 257 g/mol. The third kappa shape index (κ3) is 2.63. The monoisotopic (exact) mass is 265 g/mol. The van der Waals surface area contributed by atoms with E-state index in [1.807, 2.05) is 0 Å².